The van der Waals surface area contributed by atoms with Crippen molar-refractivity contribution in [1.82, 2.24) is 14.9 Å². The molecule has 0 unspecified atom stereocenters. The Morgan fingerprint density at radius 3 is 2.88 bits per heavy atom. The third-order valence-corrected chi connectivity index (χ3v) is 5.19. The number of amides is 1. The van der Waals surface area contributed by atoms with E-state index < -0.39 is 0 Å². The molecule has 0 N–H and O–H groups in total. The molecule has 2 aromatic rings. The summed E-state index contributed by atoms with van der Waals surface area (Å²) in [6.07, 6.45) is 9.70. The molecule has 1 saturated heterocycles. The van der Waals surface area contributed by atoms with Crippen LogP contribution >= 0.6 is 0 Å². The van der Waals surface area contributed by atoms with Crippen LogP contribution < -0.4 is 0 Å². The number of carbonyl (C=O) groups excluding carboxylic acids is 1. The van der Waals surface area contributed by atoms with Gasteiger partial charge in [0.25, 0.3) is 5.91 Å². The van der Waals surface area contributed by atoms with Crippen molar-refractivity contribution in [2.45, 2.75) is 58.4 Å². The summed E-state index contributed by atoms with van der Waals surface area (Å²) < 4.78 is 5.90. The Morgan fingerprint density at radius 1 is 1.21 bits per heavy atom. The van der Waals surface area contributed by atoms with Gasteiger partial charge in [0.1, 0.15) is 11.5 Å². The number of nitrogens with zero attached hydrogens (tertiary/aromatic N) is 3. The van der Waals surface area contributed by atoms with Crippen LogP contribution in [-0.4, -0.2) is 27.3 Å². The van der Waals surface area contributed by atoms with E-state index in [1.54, 1.807) is 12.4 Å². The van der Waals surface area contributed by atoms with E-state index in [2.05, 4.69) is 9.97 Å². The van der Waals surface area contributed by atoms with Gasteiger partial charge in [-0.05, 0) is 46.0 Å². The Balaban J connectivity index is 1.68. The minimum absolute atomic E-state index is 0.0263. The van der Waals surface area contributed by atoms with Crippen LogP contribution in [0.2, 0.25) is 0 Å². The molecule has 3 heterocycles. The van der Waals surface area contributed by atoms with Crippen LogP contribution in [0.25, 0.3) is 0 Å². The molecule has 5 nitrogen and oxygen atoms in total. The largest absolute Gasteiger partial charge is 0.465 e. The Labute approximate surface area is 142 Å². The first-order valence-electron chi connectivity index (χ1n) is 8.86. The quantitative estimate of drug-likeness (QED) is 0.847. The molecule has 0 bridgehead atoms. The Morgan fingerprint density at radius 2 is 2.04 bits per heavy atom. The zero-order valence-corrected chi connectivity index (χ0v) is 14.3. The SMILES string of the molecule is Cc1cncc([C@@H]2CCCN2C(=O)c2c(C)oc3c2CCCC3)n1. The Hall–Kier alpha value is -2.17. The number of furan rings is 1. The Kier molecular flexibility index (Phi) is 3.87. The average molecular weight is 325 g/mol. The number of hydrogen-bond donors (Lipinski definition) is 0. The standard InChI is InChI=1S/C19H23N3O2/c1-12-10-20-11-15(21-12)16-7-5-9-22(16)19(23)18-13(2)24-17-8-4-3-6-14(17)18/h10-11,16H,3-9H2,1-2H3/t16-/m0/s1. The first kappa shape index (κ1) is 15.4. The highest BCUT2D eigenvalue weighted by molar-refractivity contribution is 5.97. The topological polar surface area (TPSA) is 59.2 Å². The second-order valence-corrected chi connectivity index (χ2v) is 6.88. The van der Waals surface area contributed by atoms with Gasteiger partial charge in [0.05, 0.1) is 29.2 Å². The molecule has 0 radical (unpaired) electrons. The van der Waals surface area contributed by atoms with Crippen LogP contribution in [0.15, 0.2) is 16.8 Å². The summed E-state index contributed by atoms with van der Waals surface area (Å²) in [6.45, 7) is 4.63. The molecule has 1 atom stereocenters. The van der Waals surface area contributed by atoms with E-state index >= 15 is 0 Å². The molecule has 1 aliphatic carbocycles. The van der Waals surface area contributed by atoms with E-state index in [0.29, 0.717) is 0 Å². The summed E-state index contributed by atoms with van der Waals surface area (Å²) in [7, 11) is 0. The highest BCUT2D eigenvalue weighted by atomic mass is 16.3. The van der Waals surface area contributed by atoms with Gasteiger partial charge >= 0.3 is 0 Å². The summed E-state index contributed by atoms with van der Waals surface area (Å²) in [5.74, 6) is 1.89. The van der Waals surface area contributed by atoms with E-state index in [0.717, 1.165) is 79.1 Å². The molecule has 2 aromatic heterocycles. The van der Waals surface area contributed by atoms with E-state index in [1.807, 2.05) is 18.7 Å². The molecule has 1 fully saturated rings. The summed E-state index contributed by atoms with van der Waals surface area (Å²) in [5, 5.41) is 0. The molecular formula is C19H23N3O2. The highest BCUT2D eigenvalue weighted by Gasteiger charge is 2.35. The van der Waals surface area contributed by atoms with E-state index in [1.165, 1.54) is 0 Å². The lowest BCUT2D eigenvalue weighted by molar-refractivity contribution is 0.0729. The third-order valence-electron chi connectivity index (χ3n) is 5.19. The predicted molar refractivity (Wildman–Crippen MR) is 89.9 cm³/mol. The molecule has 0 spiro atoms. The van der Waals surface area contributed by atoms with Gasteiger partial charge in [-0.25, -0.2) is 0 Å². The van der Waals surface area contributed by atoms with E-state index in [-0.39, 0.29) is 11.9 Å². The second-order valence-electron chi connectivity index (χ2n) is 6.88. The predicted octanol–water partition coefficient (Wildman–Crippen LogP) is 3.54. The molecule has 0 saturated carbocycles. The van der Waals surface area contributed by atoms with Gasteiger partial charge in [0, 0.05) is 24.7 Å². The zero-order valence-electron chi connectivity index (χ0n) is 14.3. The molecule has 126 valence electrons. The van der Waals surface area contributed by atoms with Crippen molar-refractivity contribution in [2.24, 2.45) is 0 Å². The third kappa shape index (κ3) is 2.52. The second kappa shape index (κ2) is 6.04. The molecule has 4 rings (SSSR count). The average Bonchev–Trinajstić information content (AvgIpc) is 3.18. The number of rotatable bonds is 2. The van der Waals surface area contributed by atoms with Crippen LogP contribution in [-0.2, 0) is 12.8 Å². The van der Waals surface area contributed by atoms with Gasteiger partial charge in [-0.15, -0.1) is 0 Å². The summed E-state index contributed by atoms with van der Waals surface area (Å²) in [4.78, 5) is 24.1. The number of fused-ring (bicyclic) bond motifs is 1. The van der Waals surface area contributed by atoms with E-state index in [9.17, 15) is 4.79 Å². The fraction of sp³-hybridized carbons (Fsp3) is 0.526. The van der Waals surface area contributed by atoms with Crippen molar-refractivity contribution in [3.05, 3.63) is 46.4 Å². The molecule has 24 heavy (non-hydrogen) atoms. The zero-order chi connectivity index (χ0) is 16.7. The van der Waals surface area contributed by atoms with Crippen molar-refractivity contribution >= 4 is 5.91 Å². The van der Waals surface area contributed by atoms with Gasteiger partial charge < -0.3 is 9.32 Å². The van der Waals surface area contributed by atoms with Gasteiger partial charge in [0.2, 0.25) is 0 Å². The maximum absolute atomic E-state index is 13.3. The van der Waals surface area contributed by atoms with Gasteiger partial charge in [0.15, 0.2) is 0 Å². The molecule has 2 aliphatic rings. The first-order chi connectivity index (χ1) is 11.6. The maximum Gasteiger partial charge on any atom is 0.258 e. The fourth-order valence-electron chi connectivity index (χ4n) is 4.09. The van der Waals surface area contributed by atoms with E-state index in [4.69, 9.17) is 4.42 Å². The van der Waals surface area contributed by atoms with Crippen LogP contribution in [0.1, 0.15) is 70.6 Å². The summed E-state index contributed by atoms with van der Waals surface area (Å²) in [6, 6.07) is 0.0263. The van der Waals surface area contributed by atoms with Crippen LogP contribution in [0.4, 0.5) is 0 Å². The fourth-order valence-corrected chi connectivity index (χ4v) is 4.09. The van der Waals surface area contributed by atoms with Gasteiger partial charge in [-0.2, -0.15) is 0 Å². The first-order valence-corrected chi connectivity index (χ1v) is 8.86. The number of carbonyl (C=O) groups is 1. The number of hydrogen-bond acceptors (Lipinski definition) is 4. The van der Waals surface area contributed by atoms with Gasteiger partial charge in [-0.1, -0.05) is 0 Å². The lowest BCUT2D eigenvalue weighted by atomic mass is 9.94. The molecule has 0 aromatic carbocycles. The summed E-state index contributed by atoms with van der Waals surface area (Å²) in [5.41, 5.74) is 3.74. The number of likely N-dealkylation sites (tertiary alicyclic amines) is 1. The van der Waals surface area contributed by atoms with Gasteiger partial charge in [-0.3, -0.25) is 14.8 Å². The number of aromatic nitrogens is 2. The Bertz CT molecular complexity index is 781. The maximum atomic E-state index is 13.3. The lowest BCUT2D eigenvalue weighted by Gasteiger charge is -2.25. The normalized spacial score (nSPS) is 20.2. The minimum Gasteiger partial charge on any atom is -0.465 e. The smallest absolute Gasteiger partial charge is 0.258 e. The van der Waals surface area contributed by atoms with Crippen molar-refractivity contribution < 1.29 is 9.21 Å². The molecule has 1 amide bonds. The van der Waals surface area contributed by atoms with Crippen LogP contribution in [0.3, 0.4) is 0 Å². The van der Waals surface area contributed by atoms with Crippen LogP contribution in [0, 0.1) is 13.8 Å². The summed E-state index contributed by atoms with van der Waals surface area (Å²) >= 11 is 0. The highest BCUT2D eigenvalue weighted by Crippen LogP contribution is 2.36. The lowest BCUT2D eigenvalue weighted by Crippen LogP contribution is -2.32. The monoisotopic (exact) mass is 325 g/mol. The van der Waals surface area contributed by atoms with Crippen molar-refractivity contribution in [3.63, 3.8) is 0 Å². The molecule has 5 heteroatoms. The molecule has 1 aliphatic heterocycles. The van der Waals surface area contributed by atoms with Crippen molar-refractivity contribution in [2.75, 3.05) is 6.54 Å². The van der Waals surface area contributed by atoms with Crippen molar-refractivity contribution in [1.29, 1.82) is 0 Å². The number of aryl methyl sites for hydroxylation is 3. The minimum atomic E-state index is 0.0263. The molecular weight excluding hydrogens is 302 g/mol. The van der Waals surface area contributed by atoms with Crippen molar-refractivity contribution in [3.8, 4) is 0 Å². The van der Waals surface area contributed by atoms with Crippen LogP contribution in [0.5, 0.6) is 0 Å².